The Kier molecular flexibility index (Phi) is 14.6. The van der Waals surface area contributed by atoms with Crippen molar-refractivity contribution in [3.8, 4) is 0 Å². The summed E-state index contributed by atoms with van der Waals surface area (Å²) in [7, 11) is 0. The lowest BCUT2D eigenvalue weighted by Crippen LogP contribution is -3.00. The number of quaternary nitrogens is 1. The van der Waals surface area contributed by atoms with Crippen LogP contribution in [0.3, 0.4) is 0 Å². The third-order valence-corrected chi connectivity index (χ3v) is 3.90. The summed E-state index contributed by atoms with van der Waals surface area (Å²) < 4.78 is 1.10. The number of hydrogen-bond donors (Lipinski definition) is 1. The highest BCUT2D eigenvalue weighted by Crippen LogP contribution is 2.11. The lowest BCUT2D eigenvalue weighted by atomic mass is 10.1. The molecule has 3 heteroatoms. The quantitative estimate of drug-likeness (QED) is 0.418. The van der Waals surface area contributed by atoms with Crippen molar-refractivity contribution in [1.29, 1.82) is 0 Å². The van der Waals surface area contributed by atoms with E-state index in [2.05, 4.69) is 20.8 Å². The van der Waals surface area contributed by atoms with Crippen LogP contribution in [0.2, 0.25) is 0 Å². The summed E-state index contributed by atoms with van der Waals surface area (Å²) in [5, 5.41) is 9.12. The van der Waals surface area contributed by atoms with Crippen molar-refractivity contribution in [3.63, 3.8) is 0 Å². The van der Waals surface area contributed by atoms with Crippen molar-refractivity contribution < 1.29 is 22.0 Å². The summed E-state index contributed by atoms with van der Waals surface area (Å²) in [5.74, 6) is 0. The number of halogens is 1. The maximum absolute atomic E-state index is 9.12. The van der Waals surface area contributed by atoms with Crippen molar-refractivity contribution in [2.75, 3.05) is 32.8 Å². The van der Waals surface area contributed by atoms with E-state index in [0.29, 0.717) is 6.61 Å². The third kappa shape index (κ3) is 8.87. The van der Waals surface area contributed by atoms with Gasteiger partial charge in [0.05, 0.1) is 26.2 Å². The summed E-state index contributed by atoms with van der Waals surface area (Å²) in [6.07, 6.45) is 8.19. The molecule has 0 rings (SSSR count). The Morgan fingerprint density at radius 1 is 0.765 bits per heavy atom. The molecule has 0 aliphatic rings. The zero-order chi connectivity index (χ0) is 12.3. The first-order valence-electron chi connectivity index (χ1n) is 7.20. The van der Waals surface area contributed by atoms with Gasteiger partial charge in [-0.25, -0.2) is 0 Å². The number of aliphatic hydroxyl groups excluding tert-OH is 1. The van der Waals surface area contributed by atoms with Crippen molar-refractivity contribution in [1.82, 2.24) is 0 Å². The van der Waals surface area contributed by atoms with Crippen LogP contribution >= 0.6 is 0 Å². The number of hydrogen-bond acceptors (Lipinski definition) is 1. The Labute approximate surface area is 114 Å². The van der Waals surface area contributed by atoms with E-state index in [1.165, 1.54) is 45.1 Å². The van der Waals surface area contributed by atoms with Gasteiger partial charge in [-0.3, -0.25) is 0 Å². The van der Waals surface area contributed by atoms with Crippen LogP contribution in [0.4, 0.5) is 0 Å². The highest BCUT2D eigenvalue weighted by Gasteiger charge is 2.21. The SMILES string of the molecule is CCCCCCCC[N+](CC)(CC)CCO.[Cl-]. The molecule has 0 spiro atoms. The van der Waals surface area contributed by atoms with Crippen LogP contribution in [-0.4, -0.2) is 42.4 Å². The fraction of sp³-hybridized carbons (Fsp3) is 1.00. The molecule has 0 aromatic carbocycles. The van der Waals surface area contributed by atoms with Crippen LogP contribution in [0, 0.1) is 0 Å². The molecule has 0 aliphatic heterocycles. The molecule has 0 saturated heterocycles. The number of rotatable bonds is 11. The molecule has 2 nitrogen and oxygen atoms in total. The molecule has 0 aromatic rings. The van der Waals surface area contributed by atoms with Gasteiger partial charge in [0, 0.05) is 0 Å². The molecular formula is C14H32ClNO. The van der Waals surface area contributed by atoms with Gasteiger partial charge < -0.3 is 22.0 Å². The van der Waals surface area contributed by atoms with Gasteiger partial charge in [-0.1, -0.05) is 32.6 Å². The second-order valence-corrected chi connectivity index (χ2v) is 4.91. The summed E-state index contributed by atoms with van der Waals surface area (Å²) in [4.78, 5) is 0. The predicted molar refractivity (Wildman–Crippen MR) is 71.5 cm³/mol. The van der Waals surface area contributed by atoms with Crippen molar-refractivity contribution >= 4 is 0 Å². The maximum atomic E-state index is 9.12. The van der Waals surface area contributed by atoms with Crippen LogP contribution in [0.5, 0.6) is 0 Å². The number of aliphatic hydroxyl groups is 1. The van der Waals surface area contributed by atoms with Gasteiger partial charge >= 0.3 is 0 Å². The fourth-order valence-electron chi connectivity index (χ4n) is 2.41. The molecule has 106 valence electrons. The normalized spacial score (nSPS) is 11.3. The van der Waals surface area contributed by atoms with Gasteiger partial charge in [0.15, 0.2) is 0 Å². The van der Waals surface area contributed by atoms with E-state index in [0.717, 1.165) is 24.1 Å². The van der Waals surface area contributed by atoms with Crippen LogP contribution in [0.15, 0.2) is 0 Å². The molecule has 0 saturated carbocycles. The Morgan fingerprint density at radius 2 is 1.29 bits per heavy atom. The second kappa shape index (κ2) is 12.7. The first kappa shape index (κ1) is 19.5. The van der Waals surface area contributed by atoms with E-state index in [4.69, 9.17) is 5.11 Å². The van der Waals surface area contributed by atoms with Gasteiger partial charge in [-0.05, 0) is 26.7 Å². The molecule has 0 amide bonds. The molecule has 0 radical (unpaired) electrons. The molecule has 0 bridgehead atoms. The minimum Gasteiger partial charge on any atom is -1.00 e. The second-order valence-electron chi connectivity index (χ2n) is 4.91. The summed E-state index contributed by atoms with van der Waals surface area (Å²) in [5.41, 5.74) is 0. The van der Waals surface area contributed by atoms with Gasteiger partial charge in [0.2, 0.25) is 0 Å². The van der Waals surface area contributed by atoms with Crippen molar-refractivity contribution in [2.24, 2.45) is 0 Å². The standard InChI is InChI=1S/C14H32NO.ClH/c1-4-7-8-9-10-11-12-15(5-2,6-3)13-14-16;/h16H,4-14H2,1-3H3;1H/q+1;/p-1. The average molecular weight is 266 g/mol. The number of nitrogens with zero attached hydrogens (tertiary/aromatic N) is 1. The Balaban J connectivity index is 0. The lowest BCUT2D eigenvalue weighted by Gasteiger charge is -2.36. The monoisotopic (exact) mass is 265 g/mol. The highest BCUT2D eigenvalue weighted by atomic mass is 35.5. The molecule has 0 unspecified atom stereocenters. The number of likely N-dealkylation sites (N-methyl/N-ethyl adjacent to an activating group) is 1. The zero-order valence-electron chi connectivity index (χ0n) is 12.1. The van der Waals surface area contributed by atoms with Crippen LogP contribution in [0.25, 0.3) is 0 Å². The van der Waals surface area contributed by atoms with E-state index >= 15 is 0 Å². The third-order valence-electron chi connectivity index (χ3n) is 3.90. The molecule has 0 aromatic heterocycles. The van der Waals surface area contributed by atoms with Gasteiger partial charge in [-0.2, -0.15) is 0 Å². The van der Waals surface area contributed by atoms with Crippen LogP contribution in [0.1, 0.15) is 59.3 Å². The first-order chi connectivity index (χ1) is 7.74. The van der Waals surface area contributed by atoms with E-state index in [9.17, 15) is 0 Å². The fourth-order valence-corrected chi connectivity index (χ4v) is 2.41. The van der Waals surface area contributed by atoms with Gasteiger partial charge in [0.25, 0.3) is 0 Å². The molecule has 1 N–H and O–H groups in total. The summed E-state index contributed by atoms with van der Waals surface area (Å²) >= 11 is 0. The van der Waals surface area contributed by atoms with Crippen LogP contribution in [-0.2, 0) is 0 Å². The number of unbranched alkanes of at least 4 members (excludes halogenated alkanes) is 5. The molecular weight excluding hydrogens is 234 g/mol. The summed E-state index contributed by atoms with van der Waals surface area (Å²) in [6, 6.07) is 0. The minimum atomic E-state index is 0. The smallest absolute Gasteiger partial charge is 0.102 e. The first-order valence-corrected chi connectivity index (χ1v) is 7.20. The molecule has 0 heterocycles. The molecule has 17 heavy (non-hydrogen) atoms. The van der Waals surface area contributed by atoms with E-state index in [1.807, 2.05) is 0 Å². The predicted octanol–water partition coefficient (Wildman–Crippen LogP) is 0.200. The van der Waals surface area contributed by atoms with E-state index in [1.54, 1.807) is 0 Å². The maximum Gasteiger partial charge on any atom is 0.102 e. The Hall–Kier alpha value is 0.210. The van der Waals surface area contributed by atoms with E-state index < -0.39 is 0 Å². The zero-order valence-corrected chi connectivity index (χ0v) is 12.8. The topological polar surface area (TPSA) is 20.2 Å². The minimum absolute atomic E-state index is 0. The van der Waals surface area contributed by atoms with Crippen molar-refractivity contribution in [3.05, 3.63) is 0 Å². The van der Waals surface area contributed by atoms with Crippen molar-refractivity contribution in [2.45, 2.75) is 59.3 Å². The summed E-state index contributed by atoms with van der Waals surface area (Å²) in [6.45, 7) is 11.6. The molecule has 0 aliphatic carbocycles. The highest BCUT2D eigenvalue weighted by molar-refractivity contribution is 4.46. The van der Waals surface area contributed by atoms with Gasteiger partial charge in [0.1, 0.15) is 6.54 Å². The molecule has 0 atom stereocenters. The largest absolute Gasteiger partial charge is 1.00 e. The molecule has 0 fully saturated rings. The van der Waals surface area contributed by atoms with Gasteiger partial charge in [-0.15, -0.1) is 0 Å². The Bertz CT molecular complexity index is 149. The van der Waals surface area contributed by atoms with E-state index in [-0.39, 0.29) is 12.4 Å². The Morgan fingerprint density at radius 3 is 1.76 bits per heavy atom. The van der Waals surface area contributed by atoms with Crippen LogP contribution < -0.4 is 12.4 Å². The lowest BCUT2D eigenvalue weighted by molar-refractivity contribution is -0.925. The average Bonchev–Trinajstić information content (AvgIpc) is 2.32.